The van der Waals surface area contributed by atoms with E-state index in [1.165, 1.54) is 0 Å². The number of aliphatic hydroxyl groups excluding tert-OH is 1. The van der Waals surface area contributed by atoms with Crippen molar-refractivity contribution in [2.75, 3.05) is 32.7 Å². The highest BCUT2D eigenvalue weighted by atomic mass is 16.3. The first kappa shape index (κ1) is 18.9. The highest BCUT2D eigenvalue weighted by molar-refractivity contribution is 5.87. The molecule has 0 aromatic rings. The van der Waals surface area contributed by atoms with Gasteiger partial charge >= 0.3 is 0 Å². The highest BCUT2D eigenvalue weighted by Crippen LogP contribution is 2.14. The topological polar surface area (TPSA) is 72.9 Å². The average Bonchev–Trinajstić information content (AvgIpc) is 2.43. The van der Waals surface area contributed by atoms with Crippen LogP contribution < -0.4 is 5.32 Å². The van der Waals surface area contributed by atoms with Gasteiger partial charge in [-0.15, -0.1) is 0 Å². The molecule has 0 aromatic carbocycles. The number of rotatable bonds is 5. The zero-order chi connectivity index (χ0) is 16.9. The van der Waals surface area contributed by atoms with Crippen molar-refractivity contribution in [3.8, 4) is 0 Å². The molecule has 0 bridgehead atoms. The van der Waals surface area contributed by atoms with Crippen molar-refractivity contribution in [3.05, 3.63) is 0 Å². The fourth-order valence-electron chi connectivity index (χ4n) is 2.62. The average molecular weight is 313 g/mol. The molecule has 0 aromatic heterocycles. The van der Waals surface area contributed by atoms with E-state index in [2.05, 4.69) is 17.1 Å². The van der Waals surface area contributed by atoms with Gasteiger partial charge in [0.15, 0.2) is 0 Å². The highest BCUT2D eigenvalue weighted by Gasteiger charge is 2.29. The number of nitrogens with zero attached hydrogens (tertiary/aromatic N) is 2. The lowest BCUT2D eigenvalue weighted by molar-refractivity contribution is -0.137. The predicted molar refractivity (Wildman–Crippen MR) is 86.4 cm³/mol. The molecule has 0 spiro atoms. The van der Waals surface area contributed by atoms with Gasteiger partial charge in [0.1, 0.15) is 0 Å². The van der Waals surface area contributed by atoms with Gasteiger partial charge in [0.05, 0.1) is 12.6 Å². The van der Waals surface area contributed by atoms with Gasteiger partial charge in [-0.3, -0.25) is 14.5 Å². The molecule has 128 valence electrons. The van der Waals surface area contributed by atoms with Gasteiger partial charge in [-0.05, 0) is 13.3 Å². The summed E-state index contributed by atoms with van der Waals surface area (Å²) in [6.45, 7) is 12.1. The van der Waals surface area contributed by atoms with Gasteiger partial charge in [-0.25, -0.2) is 0 Å². The minimum atomic E-state index is -0.484. The second kappa shape index (κ2) is 7.92. The van der Waals surface area contributed by atoms with Gasteiger partial charge in [0, 0.05) is 37.6 Å². The maximum Gasteiger partial charge on any atom is 0.242 e. The Morgan fingerprint density at radius 2 is 1.95 bits per heavy atom. The lowest BCUT2D eigenvalue weighted by Gasteiger charge is -2.41. The second-order valence-corrected chi connectivity index (χ2v) is 7.18. The first-order valence-corrected chi connectivity index (χ1v) is 8.13. The van der Waals surface area contributed by atoms with Crippen LogP contribution in [0.4, 0.5) is 0 Å². The molecule has 2 amide bonds. The Balaban J connectivity index is 2.50. The normalized spacial score (nSPS) is 21.5. The summed E-state index contributed by atoms with van der Waals surface area (Å²) in [7, 11) is 0. The van der Waals surface area contributed by atoms with Crippen LogP contribution in [0, 0.1) is 5.41 Å². The number of β-amino-alcohol motifs (C(OH)–C–C–N with tert-alkyl or cyclic N) is 1. The van der Waals surface area contributed by atoms with E-state index < -0.39 is 5.41 Å². The molecule has 22 heavy (non-hydrogen) atoms. The molecule has 1 rings (SSSR count). The molecule has 1 saturated heterocycles. The Morgan fingerprint density at radius 1 is 1.32 bits per heavy atom. The maximum atomic E-state index is 12.3. The molecule has 6 heteroatoms. The van der Waals surface area contributed by atoms with Crippen LogP contribution in [-0.4, -0.2) is 71.6 Å². The minimum Gasteiger partial charge on any atom is -0.392 e. The van der Waals surface area contributed by atoms with Crippen molar-refractivity contribution in [1.29, 1.82) is 0 Å². The molecule has 0 radical (unpaired) electrons. The summed E-state index contributed by atoms with van der Waals surface area (Å²) in [5, 5.41) is 12.3. The largest absolute Gasteiger partial charge is 0.392 e. The summed E-state index contributed by atoms with van der Waals surface area (Å²) in [6, 6.07) is 0.269. The quantitative estimate of drug-likeness (QED) is 0.773. The van der Waals surface area contributed by atoms with Crippen LogP contribution in [0.25, 0.3) is 0 Å². The Hall–Kier alpha value is -1.14. The summed E-state index contributed by atoms with van der Waals surface area (Å²) in [5.41, 5.74) is -0.484. The van der Waals surface area contributed by atoms with Crippen LogP contribution in [0.2, 0.25) is 0 Å². The van der Waals surface area contributed by atoms with Crippen LogP contribution in [0.3, 0.4) is 0 Å². The SMILES string of the molecule is CCC1CN(C(=O)CNC(=O)C(C)(C)C)CCN1CC(C)O. The molecular weight excluding hydrogens is 282 g/mol. The Morgan fingerprint density at radius 3 is 2.45 bits per heavy atom. The molecule has 6 nitrogen and oxygen atoms in total. The Labute approximate surface area is 133 Å². The van der Waals surface area contributed by atoms with E-state index in [4.69, 9.17) is 0 Å². The molecule has 0 aliphatic carbocycles. The molecule has 1 aliphatic rings. The number of nitrogens with one attached hydrogen (secondary N) is 1. The zero-order valence-electron chi connectivity index (χ0n) is 14.6. The first-order valence-electron chi connectivity index (χ1n) is 8.13. The molecule has 1 aliphatic heterocycles. The number of carbonyl (C=O) groups is 2. The van der Waals surface area contributed by atoms with Gasteiger partial charge in [-0.1, -0.05) is 27.7 Å². The van der Waals surface area contributed by atoms with Crippen LogP contribution in [0.5, 0.6) is 0 Å². The second-order valence-electron chi connectivity index (χ2n) is 7.18. The number of amides is 2. The Bertz CT molecular complexity index is 391. The predicted octanol–water partition coefficient (Wildman–Crippen LogP) is 0.452. The number of aliphatic hydroxyl groups is 1. The maximum absolute atomic E-state index is 12.3. The molecule has 1 fully saturated rings. The first-order chi connectivity index (χ1) is 10.1. The van der Waals surface area contributed by atoms with E-state index in [9.17, 15) is 14.7 Å². The van der Waals surface area contributed by atoms with Crippen molar-refractivity contribution >= 4 is 11.8 Å². The van der Waals surface area contributed by atoms with Gasteiger partial charge in [0.2, 0.25) is 11.8 Å². The minimum absolute atomic E-state index is 0.0345. The Kier molecular flexibility index (Phi) is 6.81. The van der Waals surface area contributed by atoms with Crippen LogP contribution in [0.1, 0.15) is 41.0 Å². The third-order valence-electron chi connectivity index (χ3n) is 4.01. The van der Waals surface area contributed by atoms with Gasteiger partial charge < -0.3 is 15.3 Å². The lowest BCUT2D eigenvalue weighted by atomic mass is 9.96. The third-order valence-corrected chi connectivity index (χ3v) is 4.01. The van der Waals surface area contributed by atoms with Crippen LogP contribution >= 0.6 is 0 Å². The fourth-order valence-corrected chi connectivity index (χ4v) is 2.62. The van der Waals surface area contributed by atoms with Gasteiger partial charge in [-0.2, -0.15) is 0 Å². The van der Waals surface area contributed by atoms with Crippen molar-refractivity contribution in [2.24, 2.45) is 5.41 Å². The van der Waals surface area contributed by atoms with E-state index in [-0.39, 0.29) is 30.5 Å². The lowest BCUT2D eigenvalue weighted by Crippen LogP contribution is -2.57. The number of piperazine rings is 1. The van der Waals surface area contributed by atoms with E-state index in [1.54, 1.807) is 6.92 Å². The van der Waals surface area contributed by atoms with Crippen molar-refractivity contribution in [2.45, 2.75) is 53.2 Å². The zero-order valence-corrected chi connectivity index (χ0v) is 14.6. The van der Waals surface area contributed by atoms with E-state index in [0.717, 1.165) is 13.0 Å². The van der Waals surface area contributed by atoms with E-state index >= 15 is 0 Å². The van der Waals surface area contributed by atoms with E-state index in [0.29, 0.717) is 19.6 Å². The molecule has 2 atom stereocenters. The fraction of sp³-hybridized carbons (Fsp3) is 0.875. The number of hydrogen-bond acceptors (Lipinski definition) is 4. The summed E-state index contributed by atoms with van der Waals surface area (Å²) in [4.78, 5) is 28.1. The van der Waals surface area contributed by atoms with Crippen molar-refractivity contribution in [3.63, 3.8) is 0 Å². The smallest absolute Gasteiger partial charge is 0.242 e. The standard InChI is InChI=1S/C16H31N3O3/c1-6-13-11-19(8-7-18(13)10-12(2)20)14(21)9-17-15(22)16(3,4)5/h12-13,20H,6-11H2,1-5H3,(H,17,22). The van der Waals surface area contributed by atoms with Crippen LogP contribution in [-0.2, 0) is 9.59 Å². The molecule has 1 heterocycles. The molecule has 0 saturated carbocycles. The summed E-state index contributed by atoms with van der Waals surface area (Å²) in [5.74, 6) is -0.145. The summed E-state index contributed by atoms with van der Waals surface area (Å²) >= 11 is 0. The third kappa shape index (κ3) is 5.57. The van der Waals surface area contributed by atoms with Crippen LogP contribution in [0.15, 0.2) is 0 Å². The van der Waals surface area contributed by atoms with E-state index in [1.807, 2.05) is 25.7 Å². The van der Waals surface area contributed by atoms with Crippen molar-refractivity contribution in [1.82, 2.24) is 15.1 Å². The number of carbonyl (C=O) groups excluding carboxylic acids is 2. The molecular formula is C16H31N3O3. The molecule has 2 N–H and O–H groups in total. The van der Waals surface area contributed by atoms with Crippen molar-refractivity contribution < 1.29 is 14.7 Å². The van der Waals surface area contributed by atoms with Gasteiger partial charge in [0.25, 0.3) is 0 Å². The summed E-state index contributed by atoms with van der Waals surface area (Å²) < 4.78 is 0. The molecule has 2 unspecified atom stereocenters. The summed E-state index contributed by atoms with van der Waals surface area (Å²) in [6.07, 6.45) is 0.576. The monoisotopic (exact) mass is 313 g/mol. The number of hydrogen-bond donors (Lipinski definition) is 2.